The number of nitrogens with zero attached hydrogens (tertiary/aromatic N) is 5. The number of nitrogens with one attached hydrogen (secondary N) is 6. The van der Waals surface area contributed by atoms with Crippen LogP contribution in [0.15, 0.2) is 66.9 Å². The summed E-state index contributed by atoms with van der Waals surface area (Å²) in [7, 11) is 3.66. The molecule has 0 bridgehead atoms. The number of benzene rings is 2. The molecule has 4 unspecified atom stereocenters. The first kappa shape index (κ1) is 56.5. The number of amides is 4. The summed E-state index contributed by atoms with van der Waals surface area (Å²) in [6, 6.07) is 16.0. The SMILES string of the molecule is CNC(C)C(=S)N[C@H]1CCS[C@H]2CC(C)(C)[C@@H](C(=O)NC(COCCCn3cc(COCC(NC(=O)[C@H]4N5C(=O)[C@@H](NC(=S)C(C)NC)CCS[C@H]5CC4(C)C)c4ccccc4)nn3)c3ccccc3)N2C1=O. The predicted molar refractivity (Wildman–Crippen MR) is 296 cm³/mol. The van der Waals surface area contributed by atoms with Gasteiger partial charge in [0.2, 0.25) is 23.6 Å². The Kier molecular flexibility index (Phi) is 19.8. The molecule has 7 rings (SSSR count). The second kappa shape index (κ2) is 25.5. The summed E-state index contributed by atoms with van der Waals surface area (Å²) in [5.41, 5.74) is 1.49. The third kappa shape index (κ3) is 14.0. The Labute approximate surface area is 450 Å². The second-order valence-corrected chi connectivity index (χ2v) is 24.4. The maximum Gasteiger partial charge on any atom is 0.246 e. The first-order valence-electron chi connectivity index (χ1n) is 25.5. The van der Waals surface area contributed by atoms with Crippen molar-refractivity contribution in [3.8, 4) is 0 Å². The van der Waals surface area contributed by atoms with Crippen molar-refractivity contribution in [3.63, 3.8) is 0 Å². The highest BCUT2D eigenvalue weighted by atomic mass is 32.2. The number of thioether (sulfide) groups is 2. The fraction of sp³-hybridized carbons (Fsp3) is 0.615. The minimum Gasteiger partial charge on any atom is -0.379 e. The van der Waals surface area contributed by atoms with E-state index in [-0.39, 0.29) is 66.3 Å². The molecule has 17 nitrogen and oxygen atoms in total. The first-order valence-corrected chi connectivity index (χ1v) is 28.4. The number of fused-ring (bicyclic) bond motifs is 2. The largest absolute Gasteiger partial charge is 0.379 e. The maximum atomic E-state index is 14.5. The minimum absolute atomic E-state index is 0.0909. The summed E-state index contributed by atoms with van der Waals surface area (Å²) in [5, 5.41) is 27.9. The molecule has 0 aliphatic carbocycles. The number of ether oxygens (including phenoxy) is 2. The van der Waals surface area contributed by atoms with E-state index in [1.807, 2.05) is 94.8 Å². The molecule has 73 heavy (non-hydrogen) atoms. The van der Waals surface area contributed by atoms with Crippen LogP contribution in [0.25, 0.3) is 0 Å². The molecule has 21 heteroatoms. The van der Waals surface area contributed by atoms with Crippen LogP contribution in [0, 0.1) is 10.8 Å². The van der Waals surface area contributed by atoms with Gasteiger partial charge in [0.15, 0.2) is 0 Å². The number of hydrogen-bond donors (Lipinski definition) is 6. The molecule has 0 radical (unpaired) electrons. The van der Waals surface area contributed by atoms with Crippen molar-refractivity contribution in [2.75, 3.05) is 45.4 Å². The number of aromatic nitrogens is 3. The Bertz CT molecular complexity index is 2380. The molecule has 0 spiro atoms. The third-order valence-corrected chi connectivity index (χ3v) is 17.9. The van der Waals surface area contributed by atoms with Crippen LogP contribution in [0.1, 0.15) is 103 Å². The lowest BCUT2D eigenvalue weighted by Crippen LogP contribution is -2.58. The van der Waals surface area contributed by atoms with Gasteiger partial charge in [-0.1, -0.05) is 118 Å². The Morgan fingerprint density at radius 1 is 0.726 bits per heavy atom. The lowest BCUT2D eigenvalue weighted by Gasteiger charge is -2.35. The second-order valence-electron chi connectivity index (χ2n) is 20.9. The summed E-state index contributed by atoms with van der Waals surface area (Å²) in [5.74, 6) is 0.925. The lowest BCUT2D eigenvalue weighted by atomic mass is 9.83. The van der Waals surface area contributed by atoms with Crippen LogP contribution in [0.3, 0.4) is 0 Å². The normalized spacial score (nSPS) is 25.0. The average Bonchev–Trinajstić information content (AvgIpc) is 3.96. The standard InChI is InChI=1S/C52H75N11O6S4/c1-32(53-7)47(70)57-37-20-24-72-41-26-51(3,4)43(62(41)49(37)66)45(64)55-39(34-16-11-9-12-17-34)30-68-23-15-22-61-28-36(59-60-61)29-69-31-40(35-18-13-10-14-19-35)56-46(65)44-52(5,6)27-42-63(44)50(67)38(21-25-73-42)58-48(71)33(2)54-8/h9-14,16-19,28,32-33,37-44,53-54H,15,20-27,29-31H2,1-8H3,(H,55,64)(H,56,65)(H,57,70)(H,58,71)/t32?,33?,37-,38-,39?,40?,41-,42-,43+,44+/m0/s1. The van der Waals surface area contributed by atoms with Gasteiger partial charge in [0.1, 0.15) is 29.9 Å². The van der Waals surface area contributed by atoms with E-state index in [1.54, 1.807) is 38.0 Å². The van der Waals surface area contributed by atoms with Crippen LogP contribution < -0.4 is 31.9 Å². The third-order valence-electron chi connectivity index (χ3n) is 14.5. The van der Waals surface area contributed by atoms with Crippen molar-refractivity contribution < 1.29 is 28.7 Å². The molecule has 4 fully saturated rings. The van der Waals surface area contributed by atoms with Gasteiger partial charge in [-0.25, -0.2) is 0 Å². The van der Waals surface area contributed by atoms with Crippen molar-refractivity contribution in [2.24, 2.45) is 10.8 Å². The van der Waals surface area contributed by atoms with E-state index in [1.165, 1.54) is 0 Å². The number of hydrogen-bond acceptors (Lipinski definition) is 14. The van der Waals surface area contributed by atoms with Crippen molar-refractivity contribution >= 4 is 81.6 Å². The summed E-state index contributed by atoms with van der Waals surface area (Å²) in [4.78, 5) is 62.2. The van der Waals surface area contributed by atoms with Gasteiger partial charge in [-0.05, 0) is 93.5 Å². The Balaban J connectivity index is 0.920. The van der Waals surface area contributed by atoms with E-state index >= 15 is 0 Å². The highest BCUT2D eigenvalue weighted by molar-refractivity contribution is 8.00. The van der Waals surface area contributed by atoms with Crippen LogP contribution in [0.2, 0.25) is 0 Å². The molecule has 4 aliphatic heterocycles. The van der Waals surface area contributed by atoms with Gasteiger partial charge in [0.25, 0.3) is 0 Å². The van der Waals surface area contributed by atoms with Crippen molar-refractivity contribution in [2.45, 2.75) is 146 Å². The van der Waals surface area contributed by atoms with E-state index < -0.39 is 47.1 Å². The van der Waals surface area contributed by atoms with Crippen LogP contribution in [0.5, 0.6) is 0 Å². The molecule has 1 aromatic heterocycles. The van der Waals surface area contributed by atoms with Gasteiger partial charge in [-0.3, -0.25) is 23.9 Å². The van der Waals surface area contributed by atoms with E-state index in [0.29, 0.717) is 60.9 Å². The lowest BCUT2D eigenvalue weighted by molar-refractivity contribution is -0.142. The molecule has 3 aromatic rings. The summed E-state index contributed by atoms with van der Waals surface area (Å²) >= 11 is 14.7. The van der Waals surface area contributed by atoms with E-state index in [4.69, 9.17) is 33.9 Å². The highest BCUT2D eigenvalue weighted by Crippen LogP contribution is 2.48. The van der Waals surface area contributed by atoms with Crippen LogP contribution >= 0.6 is 48.0 Å². The molecule has 2 aromatic carbocycles. The molecular weight excluding hydrogens is 1000 g/mol. The molecule has 0 saturated carbocycles. The van der Waals surface area contributed by atoms with Gasteiger partial charge in [0.05, 0.1) is 70.9 Å². The highest BCUT2D eigenvalue weighted by Gasteiger charge is 2.56. The Morgan fingerprint density at radius 3 is 1.63 bits per heavy atom. The van der Waals surface area contributed by atoms with E-state index in [0.717, 1.165) is 22.6 Å². The molecule has 6 N–H and O–H groups in total. The van der Waals surface area contributed by atoms with Crippen molar-refractivity contribution in [3.05, 3.63) is 83.7 Å². The minimum atomic E-state index is -0.689. The molecule has 4 saturated heterocycles. The molecular formula is C52H75N11O6S4. The van der Waals surface area contributed by atoms with Crippen LogP contribution in [-0.2, 0) is 41.8 Å². The van der Waals surface area contributed by atoms with Crippen molar-refractivity contribution in [1.82, 2.24) is 56.7 Å². The topological polar surface area (TPSA) is 196 Å². The zero-order valence-electron chi connectivity index (χ0n) is 43.4. The average molecular weight is 1080 g/mol. The molecule has 5 heterocycles. The van der Waals surface area contributed by atoms with Crippen LogP contribution in [-0.4, -0.2) is 151 Å². The number of carbonyl (C=O) groups excluding carboxylic acids is 4. The fourth-order valence-electron chi connectivity index (χ4n) is 10.2. The fourth-order valence-corrected chi connectivity index (χ4v) is 13.9. The van der Waals surface area contributed by atoms with Gasteiger partial charge in [0, 0.05) is 13.2 Å². The molecule has 398 valence electrons. The zero-order chi connectivity index (χ0) is 52.5. The number of likely N-dealkylation sites (N-methyl/N-ethyl adjacent to an activating group) is 2. The quantitative estimate of drug-likeness (QED) is 0.0588. The monoisotopic (exact) mass is 1080 g/mol. The van der Waals surface area contributed by atoms with Gasteiger partial charge in [-0.15, -0.1) is 28.6 Å². The first-order chi connectivity index (χ1) is 34.9. The van der Waals surface area contributed by atoms with Gasteiger partial charge >= 0.3 is 0 Å². The number of aryl methyl sites for hydroxylation is 1. The zero-order valence-corrected chi connectivity index (χ0v) is 46.7. The van der Waals surface area contributed by atoms with E-state index in [9.17, 15) is 19.2 Å². The Morgan fingerprint density at radius 2 is 1.18 bits per heavy atom. The number of carbonyl (C=O) groups is 4. The molecule has 4 aliphatic rings. The number of thiocarbonyl (C=S) groups is 2. The van der Waals surface area contributed by atoms with Crippen LogP contribution in [0.4, 0.5) is 0 Å². The van der Waals surface area contributed by atoms with Gasteiger partial charge < -0.3 is 51.2 Å². The maximum absolute atomic E-state index is 14.5. The van der Waals surface area contributed by atoms with Gasteiger partial charge in [-0.2, -0.15) is 0 Å². The smallest absolute Gasteiger partial charge is 0.246 e. The summed E-state index contributed by atoms with van der Waals surface area (Å²) < 4.78 is 14.2. The molecule has 10 atom stereocenters. The molecule has 4 amide bonds. The van der Waals surface area contributed by atoms with Crippen molar-refractivity contribution in [1.29, 1.82) is 0 Å². The Hall–Kier alpha value is -4.22. The van der Waals surface area contributed by atoms with E-state index in [2.05, 4.69) is 69.9 Å². The summed E-state index contributed by atoms with van der Waals surface area (Å²) in [6.45, 7) is 13.7. The summed E-state index contributed by atoms with van der Waals surface area (Å²) in [6.07, 6.45) is 5.12. The number of rotatable bonds is 22. The predicted octanol–water partition coefficient (Wildman–Crippen LogP) is 4.88.